The molecule has 0 spiro atoms. The van der Waals surface area contributed by atoms with E-state index in [1.54, 1.807) is 0 Å². The van der Waals surface area contributed by atoms with Gasteiger partial charge in [-0.15, -0.1) is 0 Å². The number of ether oxygens (including phenoxy) is 1. The highest BCUT2D eigenvalue weighted by Crippen LogP contribution is 2.35. The summed E-state index contributed by atoms with van der Waals surface area (Å²) in [4.78, 5) is 11.3. The lowest BCUT2D eigenvalue weighted by Crippen LogP contribution is -2.18. The van der Waals surface area contributed by atoms with Gasteiger partial charge >= 0.3 is 5.97 Å². The minimum Gasteiger partial charge on any atom is -0.469 e. The molecule has 0 heterocycles. The lowest BCUT2D eigenvalue weighted by atomic mass is 9.87. The van der Waals surface area contributed by atoms with E-state index < -0.39 is 0 Å². The van der Waals surface area contributed by atoms with Crippen molar-refractivity contribution < 1.29 is 14.7 Å². The van der Waals surface area contributed by atoms with Crippen LogP contribution in [0.15, 0.2) is 5.16 Å². The van der Waals surface area contributed by atoms with Crippen LogP contribution in [0.25, 0.3) is 0 Å². The van der Waals surface area contributed by atoms with E-state index in [9.17, 15) is 4.79 Å². The monoisotopic (exact) mass is 241 g/mol. The minimum atomic E-state index is -0.158. The number of carbonyl (C=O) groups is 1. The SMILES string of the molecule is CCCCC[C@@H]1C(=NO)CC[C@@H]1CC(=O)OC. The van der Waals surface area contributed by atoms with Crippen LogP contribution in [0.5, 0.6) is 0 Å². The van der Waals surface area contributed by atoms with Gasteiger partial charge in [-0.05, 0) is 25.2 Å². The summed E-state index contributed by atoms with van der Waals surface area (Å²) in [6.45, 7) is 2.17. The van der Waals surface area contributed by atoms with Crippen LogP contribution in [0, 0.1) is 11.8 Å². The van der Waals surface area contributed by atoms with Gasteiger partial charge in [0, 0.05) is 12.3 Å². The van der Waals surface area contributed by atoms with E-state index in [0.29, 0.717) is 12.3 Å². The van der Waals surface area contributed by atoms with Gasteiger partial charge in [-0.3, -0.25) is 4.79 Å². The van der Waals surface area contributed by atoms with E-state index in [0.717, 1.165) is 31.4 Å². The molecular formula is C13H23NO3. The highest BCUT2D eigenvalue weighted by Gasteiger charge is 2.34. The van der Waals surface area contributed by atoms with Gasteiger partial charge in [-0.2, -0.15) is 0 Å². The molecular weight excluding hydrogens is 218 g/mol. The molecule has 1 aliphatic rings. The summed E-state index contributed by atoms with van der Waals surface area (Å²) in [7, 11) is 1.42. The van der Waals surface area contributed by atoms with E-state index >= 15 is 0 Å². The molecule has 0 saturated heterocycles. The topological polar surface area (TPSA) is 58.9 Å². The largest absolute Gasteiger partial charge is 0.469 e. The number of carbonyl (C=O) groups excluding carboxylic acids is 1. The number of esters is 1. The first-order valence-electron chi connectivity index (χ1n) is 6.50. The summed E-state index contributed by atoms with van der Waals surface area (Å²) < 4.78 is 4.71. The lowest BCUT2D eigenvalue weighted by molar-refractivity contribution is -0.141. The third kappa shape index (κ3) is 4.02. The Balaban J connectivity index is 2.53. The zero-order chi connectivity index (χ0) is 12.7. The Morgan fingerprint density at radius 2 is 2.29 bits per heavy atom. The Morgan fingerprint density at radius 3 is 2.88 bits per heavy atom. The minimum absolute atomic E-state index is 0.158. The van der Waals surface area contributed by atoms with Gasteiger partial charge in [0.1, 0.15) is 0 Å². The summed E-state index contributed by atoms with van der Waals surface area (Å²) in [5, 5.41) is 12.4. The van der Waals surface area contributed by atoms with E-state index in [2.05, 4.69) is 12.1 Å². The Labute approximate surface area is 103 Å². The van der Waals surface area contributed by atoms with Crippen molar-refractivity contribution in [2.75, 3.05) is 7.11 Å². The van der Waals surface area contributed by atoms with Crippen LogP contribution in [0.4, 0.5) is 0 Å². The first kappa shape index (κ1) is 14.0. The molecule has 0 amide bonds. The molecule has 2 atom stereocenters. The molecule has 98 valence electrons. The molecule has 4 heteroatoms. The van der Waals surface area contributed by atoms with Gasteiger partial charge in [0.15, 0.2) is 0 Å². The Morgan fingerprint density at radius 1 is 1.53 bits per heavy atom. The van der Waals surface area contributed by atoms with Crippen molar-refractivity contribution in [1.82, 2.24) is 0 Å². The fourth-order valence-electron chi connectivity index (χ4n) is 2.67. The molecule has 0 aromatic carbocycles. The van der Waals surface area contributed by atoms with Crippen LogP contribution in [0.1, 0.15) is 51.9 Å². The zero-order valence-electron chi connectivity index (χ0n) is 10.8. The number of nitrogens with zero attached hydrogens (tertiary/aromatic N) is 1. The van der Waals surface area contributed by atoms with Crippen LogP contribution < -0.4 is 0 Å². The van der Waals surface area contributed by atoms with Crippen molar-refractivity contribution >= 4 is 11.7 Å². The number of rotatable bonds is 6. The number of hydrogen-bond donors (Lipinski definition) is 1. The highest BCUT2D eigenvalue weighted by molar-refractivity contribution is 5.89. The van der Waals surface area contributed by atoms with E-state index in [1.807, 2.05) is 0 Å². The maximum atomic E-state index is 11.3. The number of oxime groups is 1. The molecule has 1 aliphatic carbocycles. The van der Waals surface area contributed by atoms with Crippen LogP contribution in [-0.4, -0.2) is 24.0 Å². The molecule has 1 saturated carbocycles. The van der Waals surface area contributed by atoms with Crippen molar-refractivity contribution in [2.24, 2.45) is 17.0 Å². The normalized spacial score (nSPS) is 26.4. The molecule has 17 heavy (non-hydrogen) atoms. The summed E-state index contributed by atoms with van der Waals surface area (Å²) in [5.41, 5.74) is 0.870. The summed E-state index contributed by atoms with van der Waals surface area (Å²) in [6, 6.07) is 0. The second-order valence-electron chi connectivity index (χ2n) is 4.77. The molecule has 0 bridgehead atoms. The average molecular weight is 241 g/mol. The number of hydrogen-bond acceptors (Lipinski definition) is 4. The first-order valence-corrected chi connectivity index (χ1v) is 6.50. The van der Waals surface area contributed by atoms with E-state index in [-0.39, 0.29) is 11.9 Å². The lowest BCUT2D eigenvalue weighted by Gasteiger charge is -2.18. The van der Waals surface area contributed by atoms with E-state index in [4.69, 9.17) is 9.94 Å². The molecule has 1 fully saturated rings. The first-order chi connectivity index (χ1) is 8.22. The molecule has 0 aromatic heterocycles. The molecule has 0 aliphatic heterocycles. The second-order valence-corrected chi connectivity index (χ2v) is 4.77. The second kappa shape index (κ2) is 7.30. The predicted octanol–water partition coefficient (Wildman–Crippen LogP) is 2.99. The smallest absolute Gasteiger partial charge is 0.305 e. The molecule has 4 nitrogen and oxygen atoms in total. The molecule has 1 N–H and O–H groups in total. The highest BCUT2D eigenvalue weighted by atomic mass is 16.5. The molecule has 1 rings (SSSR count). The maximum absolute atomic E-state index is 11.3. The maximum Gasteiger partial charge on any atom is 0.305 e. The third-order valence-corrected chi connectivity index (χ3v) is 3.67. The standard InChI is InChI=1S/C13H23NO3/c1-3-4-5-6-11-10(9-13(15)17-2)7-8-12(11)14-16/h10-11,16H,3-9H2,1-2H3/t10-,11+/m1/s1. The molecule has 0 radical (unpaired) electrons. The Kier molecular flexibility index (Phi) is 6.01. The van der Waals surface area contributed by atoms with Gasteiger partial charge < -0.3 is 9.94 Å². The van der Waals surface area contributed by atoms with Crippen LogP contribution >= 0.6 is 0 Å². The molecule has 0 unspecified atom stereocenters. The van der Waals surface area contributed by atoms with Crippen molar-refractivity contribution in [3.8, 4) is 0 Å². The van der Waals surface area contributed by atoms with Crippen molar-refractivity contribution in [1.29, 1.82) is 0 Å². The average Bonchev–Trinajstić information content (AvgIpc) is 2.72. The summed E-state index contributed by atoms with van der Waals surface area (Å²) >= 11 is 0. The van der Waals surface area contributed by atoms with Crippen molar-refractivity contribution in [3.05, 3.63) is 0 Å². The van der Waals surface area contributed by atoms with Crippen LogP contribution in [-0.2, 0) is 9.53 Å². The predicted molar refractivity (Wildman–Crippen MR) is 66.2 cm³/mol. The van der Waals surface area contributed by atoms with Crippen molar-refractivity contribution in [2.45, 2.75) is 51.9 Å². The Bertz CT molecular complexity index is 276. The summed E-state index contributed by atoms with van der Waals surface area (Å²) in [5.74, 6) is 0.408. The van der Waals surface area contributed by atoms with Gasteiger partial charge in [-0.1, -0.05) is 31.3 Å². The number of methoxy groups -OCH3 is 1. The van der Waals surface area contributed by atoms with Crippen LogP contribution in [0.3, 0.4) is 0 Å². The quantitative estimate of drug-likeness (QED) is 0.336. The van der Waals surface area contributed by atoms with Gasteiger partial charge in [0.2, 0.25) is 0 Å². The van der Waals surface area contributed by atoms with Crippen molar-refractivity contribution in [3.63, 3.8) is 0 Å². The van der Waals surface area contributed by atoms with E-state index in [1.165, 1.54) is 20.0 Å². The van der Waals surface area contributed by atoms with Gasteiger partial charge in [0.05, 0.1) is 12.8 Å². The van der Waals surface area contributed by atoms with Crippen LogP contribution in [0.2, 0.25) is 0 Å². The van der Waals surface area contributed by atoms with Gasteiger partial charge in [-0.25, -0.2) is 0 Å². The number of unbranched alkanes of at least 4 members (excludes halogenated alkanes) is 2. The zero-order valence-corrected chi connectivity index (χ0v) is 10.8. The Hall–Kier alpha value is -1.06. The van der Waals surface area contributed by atoms with Gasteiger partial charge in [0.25, 0.3) is 0 Å². The summed E-state index contributed by atoms with van der Waals surface area (Å²) in [6.07, 6.45) is 6.74. The third-order valence-electron chi connectivity index (χ3n) is 3.67. The fourth-order valence-corrected chi connectivity index (χ4v) is 2.67. The molecule has 0 aromatic rings. The fraction of sp³-hybridized carbons (Fsp3) is 0.846.